The minimum Gasteiger partial charge on any atom is -0.490 e. The van der Waals surface area contributed by atoms with Crippen LogP contribution in [-0.4, -0.2) is 13.2 Å². The molecule has 0 unspecified atom stereocenters. The predicted octanol–water partition coefficient (Wildman–Crippen LogP) is 3.62. The van der Waals surface area contributed by atoms with Crippen LogP contribution in [0.15, 0.2) is 48.5 Å². The first-order valence-electron chi connectivity index (χ1n) is 5.80. The van der Waals surface area contributed by atoms with E-state index in [4.69, 9.17) is 14.7 Å². The smallest absolute Gasteiger partial charge is 0.132 e. The monoisotopic (exact) mass is 365 g/mol. The normalized spacial score (nSPS) is 9.68. The van der Waals surface area contributed by atoms with Crippen LogP contribution in [0.5, 0.6) is 11.5 Å². The summed E-state index contributed by atoms with van der Waals surface area (Å²) in [6.45, 7) is 0.955. The molecule has 2 aromatic carbocycles. The summed E-state index contributed by atoms with van der Waals surface area (Å²) in [6, 6.07) is 16.9. The molecule has 0 bridgehead atoms. The van der Waals surface area contributed by atoms with Gasteiger partial charge in [-0.05, 0) is 59.0 Å². The molecular formula is C15H12INO2. The highest BCUT2D eigenvalue weighted by atomic mass is 127. The van der Waals surface area contributed by atoms with Crippen LogP contribution in [0.1, 0.15) is 5.56 Å². The largest absolute Gasteiger partial charge is 0.490 e. The van der Waals surface area contributed by atoms with Crippen LogP contribution < -0.4 is 9.47 Å². The Kier molecular flexibility index (Phi) is 5.04. The minimum atomic E-state index is 0.469. The van der Waals surface area contributed by atoms with Gasteiger partial charge in [0.05, 0.1) is 15.2 Å². The fourth-order valence-electron chi connectivity index (χ4n) is 1.50. The van der Waals surface area contributed by atoms with E-state index < -0.39 is 0 Å². The molecule has 0 saturated heterocycles. The minimum absolute atomic E-state index is 0.469. The van der Waals surface area contributed by atoms with Crippen molar-refractivity contribution in [2.24, 2.45) is 0 Å². The SMILES string of the molecule is N#Cc1ccc(OCCOc2ccccc2I)cc1. The molecule has 0 aliphatic carbocycles. The Hall–Kier alpha value is -1.74. The molecule has 0 spiro atoms. The van der Waals surface area contributed by atoms with Crippen LogP contribution in [0.2, 0.25) is 0 Å². The number of nitriles is 1. The standard InChI is InChI=1S/C15H12INO2/c16-14-3-1-2-4-15(14)19-10-9-18-13-7-5-12(11-17)6-8-13/h1-8H,9-10H2. The van der Waals surface area contributed by atoms with Crippen LogP contribution in [0.4, 0.5) is 0 Å². The van der Waals surface area contributed by atoms with E-state index >= 15 is 0 Å². The van der Waals surface area contributed by atoms with E-state index in [-0.39, 0.29) is 0 Å². The van der Waals surface area contributed by atoms with Gasteiger partial charge in [-0.3, -0.25) is 0 Å². The maximum Gasteiger partial charge on any atom is 0.132 e. The molecule has 2 rings (SSSR count). The van der Waals surface area contributed by atoms with Gasteiger partial charge in [0.1, 0.15) is 24.7 Å². The van der Waals surface area contributed by atoms with Crippen molar-refractivity contribution < 1.29 is 9.47 Å². The van der Waals surface area contributed by atoms with Gasteiger partial charge in [-0.25, -0.2) is 0 Å². The van der Waals surface area contributed by atoms with Gasteiger partial charge in [0, 0.05) is 0 Å². The van der Waals surface area contributed by atoms with Crippen molar-refractivity contribution in [3.8, 4) is 17.6 Å². The quantitative estimate of drug-likeness (QED) is 0.601. The van der Waals surface area contributed by atoms with Gasteiger partial charge in [-0.2, -0.15) is 5.26 Å². The van der Waals surface area contributed by atoms with E-state index in [0.29, 0.717) is 18.8 Å². The Morgan fingerprint density at radius 3 is 2.32 bits per heavy atom. The van der Waals surface area contributed by atoms with Gasteiger partial charge in [-0.1, -0.05) is 12.1 Å². The average molecular weight is 365 g/mol. The summed E-state index contributed by atoms with van der Waals surface area (Å²) >= 11 is 2.24. The summed E-state index contributed by atoms with van der Waals surface area (Å²) in [6.07, 6.45) is 0. The Morgan fingerprint density at radius 1 is 0.947 bits per heavy atom. The Morgan fingerprint density at radius 2 is 1.63 bits per heavy atom. The predicted molar refractivity (Wildman–Crippen MR) is 81.3 cm³/mol. The second-order valence-electron chi connectivity index (χ2n) is 3.76. The van der Waals surface area contributed by atoms with Gasteiger partial charge in [0.25, 0.3) is 0 Å². The molecule has 0 heterocycles. The summed E-state index contributed by atoms with van der Waals surface area (Å²) < 4.78 is 12.2. The first kappa shape index (κ1) is 13.7. The lowest BCUT2D eigenvalue weighted by Gasteiger charge is -2.09. The summed E-state index contributed by atoms with van der Waals surface area (Å²) in [5.74, 6) is 1.61. The van der Waals surface area contributed by atoms with Gasteiger partial charge >= 0.3 is 0 Å². The van der Waals surface area contributed by atoms with E-state index in [1.165, 1.54) is 0 Å². The zero-order valence-corrected chi connectivity index (χ0v) is 12.3. The average Bonchev–Trinajstić information content (AvgIpc) is 2.46. The van der Waals surface area contributed by atoms with Crippen molar-refractivity contribution in [3.05, 3.63) is 57.7 Å². The van der Waals surface area contributed by atoms with Gasteiger partial charge in [0.15, 0.2) is 0 Å². The van der Waals surface area contributed by atoms with Crippen LogP contribution >= 0.6 is 22.6 Å². The van der Waals surface area contributed by atoms with Crippen molar-refractivity contribution >= 4 is 22.6 Å². The Bertz CT molecular complexity index is 575. The molecule has 0 N–H and O–H groups in total. The molecular weight excluding hydrogens is 353 g/mol. The zero-order chi connectivity index (χ0) is 13.5. The summed E-state index contributed by atoms with van der Waals surface area (Å²) in [5, 5.41) is 8.68. The first-order chi connectivity index (χ1) is 9.29. The first-order valence-corrected chi connectivity index (χ1v) is 6.88. The molecule has 0 saturated carbocycles. The second-order valence-corrected chi connectivity index (χ2v) is 4.93. The molecule has 4 heteroatoms. The maximum atomic E-state index is 8.68. The molecule has 0 aliphatic heterocycles. The lowest BCUT2D eigenvalue weighted by molar-refractivity contribution is 0.216. The van der Waals surface area contributed by atoms with Crippen molar-refractivity contribution in [3.63, 3.8) is 0 Å². The highest BCUT2D eigenvalue weighted by molar-refractivity contribution is 14.1. The van der Waals surface area contributed by atoms with Crippen LogP contribution in [-0.2, 0) is 0 Å². The van der Waals surface area contributed by atoms with E-state index in [0.717, 1.165) is 15.1 Å². The molecule has 0 amide bonds. The second kappa shape index (κ2) is 7.00. The van der Waals surface area contributed by atoms with E-state index in [9.17, 15) is 0 Å². The number of rotatable bonds is 5. The van der Waals surface area contributed by atoms with Gasteiger partial charge in [0.2, 0.25) is 0 Å². The Balaban J connectivity index is 1.78. The summed E-state index contributed by atoms with van der Waals surface area (Å²) in [4.78, 5) is 0. The molecule has 0 aromatic heterocycles. The fraction of sp³-hybridized carbons (Fsp3) is 0.133. The van der Waals surface area contributed by atoms with Crippen LogP contribution in [0, 0.1) is 14.9 Å². The van der Waals surface area contributed by atoms with Crippen LogP contribution in [0.25, 0.3) is 0 Å². The molecule has 3 nitrogen and oxygen atoms in total. The van der Waals surface area contributed by atoms with Gasteiger partial charge in [-0.15, -0.1) is 0 Å². The molecule has 96 valence electrons. The topological polar surface area (TPSA) is 42.2 Å². The van der Waals surface area contributed by atoms with Crippen molar-refractivity contribution in [2.75, 3.05) is 13.2 Å². The maximum absolute atomic E-state index is 8.68. The number of hydrogen-bond donors (Lipinski definition) is 0. The number of nitrogens with zero attached hydrogens (tertiary/aromatic N) is 1. The third kappa shape index (κ3) is 4.14. The number of halogens is 1. The molecule has 0 fully saturated rings. The lowest BCUT2D eigenvalue weighted by atomic mass is 10.2. The lowest BCUT2D eigenvalue weighted by Crippen LogP contribution is -2.09. The molecule has 19 heavy (non-hydrogen) atoms. The highest BCUT2D eigenvalue weighted by Crippen LogP contribution is 2.19. The third-order valence-corrected chi connectivity index (χ3v) is 3.32. The summed E-state index contributed by atoms with van der Waals surface area (Å²) in [5.41, 5.74) is 0.627. The Labute approximate surface area is 125 Å². The number of ether oxygens (including phenoxy) is 2. The molecule has 0 atom stereocenters. The van der Waals surface area contributed by atoms with Crippen molar-refractivity contribution in [1.29, 1.82) is 5.26 Å². The van der Waals surface area contributed by atoms with Crippen LogP contribution in [0.3, 0.4) is 0 Å². The highest BCUT2D eigenvalue weighted by Gasteiger charge is 1.99. The van der Waals surface area contributed by atoms with Crippen molar-refractivity contribution in [1.82, 2.24) is 0 Å². The van der Waals surface area contributed by atoms with Crippen molar-refractivity contribution in [2.45, 2.75) is 0 Å². The van der Waals surface area contributed by atoms with E-state index in [2.05, 4.69) is 28.7 Å². The number of hydrogen-bond acceptors (Lipinski definition) is 3. The van der Waals surface area contributed by atoms with Gasteiger partial charge < -0.3 is 9.47 Å². The fourth-order valence-corrected chi connectivity index (χ4v) is 2.04. The third-order valence-electron chi connectivity index (χ3n) is 2.43. The summed E-state index contributed by atoms with van der Waals surface area (Å²) in [7, 11) is 0. The van der Waals surface area contributed by atoms with E-state index in [1.807, 2.05) is 24.3 Å². The molecule has 2 aromatic rings. The zero-order valence-electron chi connectivity index (χ0n) is 10.2. The molecule has 0 aliphatic rings. The number of para-hydroxylation sites is 1. The van der Waals surface area contributed by atoms with E-state index in [1.54, 1.807) is 24.3 Å². The number of benzene rings is 2. The molecule has 0 radical (unpaired) electrons.